The number of rotatable bonds is 12. The van der Waals surface area contributed by atoms with Gasteiger partial charge in [-0.2, -0.15) is 5.10 Å². The molecule has 0 aliphatic carbocycles. The van der Waals surface area contributed by atoms with Crippen molar-refractivity contribution >= 4 is 0 Å². The van der Waals surface area contributed by atoms with Crippen molar-refractivity contribution in [2.24, 2.45) is 5.92 Å². The van der Waals surface area contributed by atoms with Gasteiger partial charge >= 0.3 is 0 Å². The zero-order valence-electron chi connectivity index (χ0n) is 19.8. The Morgan fingerprint density at radius 3 is 2.61 bits per heavy atom. The topological polar surface area (TPSA) is 42.8 Å². The second kappa shape index (κ2) is 12.2. The molecule has 0 unspecified atom stereocenters. The van der Waals surface area contributed by atoms with Crippen LogP contribution in [0.3, 0.4) is 0 Å². The zero-order chi connectivity index (χ0) is 22.1. The van der Waals surface area contributed by atoms with E-state index < -0.39 is 0 Å². The Labute approximate surface area is 188 Å². The molecule has 1 fully saturated rings. The Kier molecular flexibility index (Phi) is 9.37. The lowest BCUT2D eigenvalue weighted by Crippen LogP contribution is -2.39. The average molecular weight is 429 g/mol. The molecule has 0 spiro atoms. The van der Waals surface area contributed by atoms with Crippen LogP contribution in [0, 0.1) is 12.8 Å². The molecule has 1 aliphatic heterocycles. The number of hydrogen-bond donors (Lipinski definition) is 0. The molecule has 1 aromatic heterocycles. The van der Waals surface area contributed by atoms with Gasteiger partial charge in [0.25, 0.3) is 0 Å². The summed E-state index contributed by atoms with van der Waals surface area (Å²) in [6.45, 7) is 12.5. The Bertz CT molecular complexity index is 784. The standard InChI is InChI=1S/C25H40N4O2/c1-5-12-29-21(2)24(17-26-29)20-28(15-16-30-3)18-22-10-13-27(14-11-22)19-23-8-6-7-9-25(23)31-4/h6-9,17,22H,5,10-16,18-20H2,1-4H3. The third kappa shape index (κ3) is 6.79. The summed E-state index contributed by atoms with van der Waals surface area (Å²) >= 11 is 0. The summed E-state index contributed by atoms with van der Waals surface area (Å²) in [6, 6.07) is 8.37. The molecule has 3 rings (SSSR count). The smallest absolute Gasteiger partial charge is 0.123 e. The molecule has 1 aliphatic rings. The van der Waals surface area contributed by atoms with E-state index in [9.17, 15) is 0 Å². The fraction of sp³-hybridized carbons (Fsp3) is 0.640. The number of para-hydroxylation sites is 1. The molecular weight excluding hydrogens is 388 g/mol. The van der Waals surface area contributed by atoms with Crippen molar-refractivity contribution in [3.05, 3.63) is 47.3 Å². The Hall–Kier alpha value is -1.89. The fourth-order valence-corrected chi connectivity index (χ4v) is 4.54. The van der Waals surface area contributed by atoms with E-state index in [2.05, 4.69) is 57.8 Å². The minimum atomic E-state index is 0.733. The number of likely N-dealkylation sites (tertiary alicyclic amines) is 1. The first kappa shape index (κ1) is 23.8. The molecule has 172 valence electrons. The molecule has 2 heterocycles. The van der Waals surface area contributed by atoms with Crippen LogP contribution < -0.4 is 4.74 Å². The molecule has 0 N–H and O–H groups in total. The van der Waals surface area contributed by atoms with Gasteiger partial charge in [0.2, 0.25) is 0 Å². The fourth-order valence-electron chi connectivity index (χ4n) is 4.54. The Balaban J connectivity index is 1.53. The van der Waals surface area contributed by atoms with Gasteiger partial charge in [0.15, 0.2) is 0 Å². The molecule has 0 atom stereocenters. The molecule has 6 heteroatoms. The van der Waals surface area contributed by atoms with Crippen molar-refractivity contribution in [2.45, 2.75) is 52.7 Å². The third-order valence-corrected chi connectivity index (χ3v) is 6.46. The maximum absolute atomic E-state index is 5.53. The first-order valence-corrected chi connectivity index (χ1v) is 11.7. The second-order valence-corrected chi connectivity index (χ2v) is 8.74. The zero-order valence-corrected chi connectivity index (χ0v) is 19.8. The number of aryl methyl sites for hydroxylation is 1. The van der Waals surface area contributed by atoms with Crippen molar-refractivity contribution in [1.82, 2.24) is 19.6 Å². The van der Waals surface area contributed by atoms with E-state index >= 15 is 0 Å². The maximum Gasteiger partial charge on any atom is 0.123 e. The summed E-state index contributed by atoms with van der Waals surface area (Å²) in [5.41, 5.74) is 3.93. The minimum absolute atomic E-state index is 0.733. The highest BCUT2D eigenvalue weighted by atomic mass is 16.5. The summed E-state index contributed by atoms with van der Waals surface area (Å²) in [7, 11) is 3.55. The monoisotopic (exact) mass is 428 g/mol. The van der Waals surface area contributed by atoms with Gasteiger partial charge in [0, 0.05) is 56.7 Å². The van der Waals surface area contributed by atoms with Crippen LogP contribution in [0.1, 0.15) is 43.0 Å². The van der Waals surface area contributed by atoms with Crippen LogP contribution in [0.4, 0.5) is 0 Å². The summed E-state index contributed by atoms with van der Waals surface area (Å²) in [5.74, 6) is 1.73. The van der Waals surface area contributed by atoms with E-state index in [1.807, 2.05) is 6.07 Å². The lowest BCUT2D eigenvalue weighted by Gasteiger charge is -2.35. The van der Waals surface area contributed by atoms with E-state index in [1.54, 1.807) is 14.2 Å². The number of hydrogen-bond acceptors (Lipinski definition) is 5. The highest BCUT2D eigenvalue weighted by molar-refractivity contribution is 5.33. The van der Waals surface area contributed by atoms with Crippen molar-refractivity contribution in [1.29, 1.82) is 0 Å². The van der Waals surface area contributed by atoms with Crippen LogP contribution in [0.15, 0.2) is 30.5 Å². The van der Waals surface area contributed by atoms with Crippen LogP contribution in [-0.2, 0) is 24.4 Å². The van der Waals surface area contributed by atoms with Crippen molar-refractivity contribution in [3.63, 3.8) is 0 Å². The van der Waals surface area contributed by atoms with E-state index in [0.29, 0.717) is 0 Å². The van der Waals surface area contributed by atoms with Crippen LogP contribution in [0.5, 0.6) is 5.75 Å². The molecule has 0 amide bonds. The number of methoxy groups -OCH3 is 2. The highest BCUT2D eigenvalue weighted by Crippen LogP contribution is 2.24. The van der Waals surface area contributed by atoms with E-state index in [4.69, 9.17) is 9.47 Å². The van der Waals surface area contributed by atoms with Gasteiger partial charge in [0.05, 0.1) is 19.9 Å². The van der Waals surface area contributed by atoms with Crippen molar-refractivity contribution in [3.8, 4) is 5.75 Å². The van der Waals surface area contributed by atoms with E-state index in [-0.39, 0.29) is 0 Å². The lowest BCUT2D eigenvalue weighted by molar-refractivity contribution is 0.106. The second-order valence-electron chi connectivity index (χ2n) is 8.74. The number of benzene rings is 1. The van der Waals surface area contributed by atoms with Crippen LogP contribution in [-0.4, -0.2) is 66.6 Å². The summed E-state index contributed by atoms with van der Waals surface area (Å²) in [4.78, 5) is 5.12. The van der Waals surface area contributed by atoms with Crippen molar-refractivity contribution < 1.29 is 9.47 Å². The molecular formula is C25H40N4O2. The average Bonchev–Trinajstić information content (AvgIpc) is 3.13. The molecule has 0 bridgehead atoms. The molecule has 1 aromatic carbocycles. The maximum atomic E-state index is 5.53. The largest absolute Gasteiger partial charge is 0.496 e. The van der Waals surface area contributed by atoms with Crippen LogP contribution in [0.25, 0.3) is 0 Å². The summed E-state index contributed by atoms with van der Waals surface area (Å²) in [5, 5.41) is 4.59. The van der Waals surface area contributed by atoms with E-state index in [1.165, 1.54) is 29.7 Å². The van der Waals surface area contributed by atoms with Gasteiger partial charge in [-0.05, 0) is 51.3 Å². The third-order valence-electron chi connectivity index (χ3n) is 6.46. The van der Waals surface area contributed by atoms with Gasteiger partial charge in [-0.15, -0.1) is 0 Å². The molecule has 0 saturated carbocycles. The SMILES string of the molecule is CCCn1ncc(CN(CCOC)CC2CCN(Cc3ccccc3OC)CC2)c1C. The predicted molar refractivity (Wildman–Crippen MR) is 125 cm³/mol. The van der Waals surface area contributed by atoms with Crippen LogP contribution in [0.2, 0.25) is 0 Å². The minimum Gasteiger partial charge on any atom is -0.496 e. The molecule has 31 heavy (non-hydrogen) atoms. The van der Waals surface area contributed by atoms with Gasteiger partial charge in [-0.25, -0.2) is 0 Å². The number of nitrogens with zero attached hydrogens (tertiary/aromatic N) is 4. The summed E-state index contributed by atoms with van der Waals surface area (Å²) < 4.78 is 13.1. The number of ether oxygens (including phenoxy) is 2. The highest BCUT2D eigenvalue weighted by Gasteiger charge is 2.23. The van der Waals surface area contributed by atoms with E-state index in [0.717, 1.165) is 70.5 Å². The first-order chi connectivity index (χ1) is 15.1. The predicted octanol–water partition coefficient (Wildman–Crippen LogP) is 3.97. The number of aromatic nitrogens is 2. The Morgan fingerprint density at radius 1 is 1.13 bits per heavy atom. The van der Waals surface area contributed by atoms with Crippen LogP contribution >= 0.6 is 0 Å². The first-order valence-electron chi connectivity index (χ1n) is 11.7. The van der Waals surface area contributed by atoms with Gasteiger partial charge < -0.3 is 9.47 Å². The molecule has 1 saturated heterocycles. The molecule has 6 nitrogen and oxygen atoms in total. The number of piperidine rings is 1. The van der Waals surface area contributed by atoms with Crippen molar-refractivity contribution in [2.75, 3.05) is 47.0 Å². The molecule has 2 aromatic rings. The molecule has 0 radical (unpaired) electrons. The van der Waals surface area contributed by atoms with Gasteiger partial charge in [-0.3, -0.25) is 14.5 Å². The van der Waals surface area contributed by atoms with Gasteiger partial charge in [-0.1, -0.05) is 25.1 Å². The normalized spacial score (nSPS) is 15.6. The quantitative estimate of drug-likeness (QED) is 0.512. The Morgan fingerprint density at radius 2 is 1.90 bits per heavy atom. The van der Waals surface area contributed by atoms with Gasteiger partial charge in [0.1, 0.15) is 5.75 Å². The summed E-state index contributed by atoms with van der Waals surface area (Å²) in [6.07, 6.45) is 5.66. The lowest BCUT2D eigenvalue weighted by atomic mass is 9.95.